The zero-order valence-corrected chi connectivity index (χ0v) is 18.0. The van der Waals surface area contributed by atoms with Crippen molar-refractivity contribution < 1.29 is 14.3 Å². The number of para-hydroxylation sites is 2. The number of carbonyl (C=O) groups excluding carboxylic acids is 1. The Hall–Kier alpha value is -3.48. The van der Waals surface area contributed by atoms with E-state index in [2.05, 4.69) is 15.2 Å². The first-order valence-electron chi connectivity index (χ1n) is 10.6. The maximum absolute atomic E-state index is 14.0. The van der Waals surface area contributed by atoms with Crippen LogP contribution in [0, 0.1) is 0 Å². The number of methoxy groups -OCH3 is 2. The summed E-state index contributed by atoms with van der Waals surface area (Å²) in [5.74, 6) is 2.82. The van der Waals surface area contributed by atoms with Gasteiger partial charge in [0.15, 0.2) is 5.78 Å². The monoisotopic (exact) mass is 418 g/mol. The molecule has 0 unspecified atom stereocenters. The van der Waals surface area contributed by atoms with Crippen LogP contribution in [0.3, 0.4) is 0 Å². The van der Waals surface area contributed by atoms with Crippen molar-refractivity contribution >= 4 is 28.1 Å². The van der Waals surface area contributed by atoms with Crippen LogP contribution in [0.1, 0.15) is 31.5 Å². The summed E-state index contributed by atoms with van der Waals surface area (Å²) in [4.78, 5) is 24.2. The van der Waals surface area contributed by atoms with Gasteiger partial charge in [-0.25, -0.2) is 4.98 Å². The van der Waals surface area contributed by atoms with Crippen molar-refractivity contribution in [3.8, 4) is 11.5 Å². The van der Waals surface area contributed by atoms with Crippen LogP contribution in [0.25, 0.3) is 16.6 Å². The van der Waals surface area contributed by atoms with Gasteiger partial charge in [0.05, 0.1) is 30.9 Å². The van der Waals surface area contributed by atoms with Gasteiger partial charge in [-0.3, -0.25) is 4.79 Å². The Morgan fingerprint density at radius 3 is 2.35 bits per heavy atom. The van der Waals surface area contributed by atoms with Gasteiger partial charge >= 0.3 is 0 Å². The van der Waals surface area contributed by atoms with Crippen molar-refractivity contribution in [1.82, 2.24) is 15.3 Å². The van der Waals surface area contributed by atoms with Gasteiger partial charge in [-0.15, -0.1) is 0 Å². The molecule has 2 N–H and O–H groups in total. The number of imidazole rings is 1. The van der Waals surface area contributed by atoms with Gasteiger partial charge in [-0.05, 0) is 25.0 Å². The predicted octanol–water partition coefficient (Wildman–Crippen LogP) is 3.87. The second kappa shape index (κ2) is 7.34. The minimum Gasteiger partial charge on any atom is -0.497 e. The van der Waals surface area contributed by atoms with Crippen molar-refractivity contribution in [2.75, 3.05) is 26.2 Å². The molecule has 1 fully saturated rings. The minimum atomic E-state index is -0.635. The standard InChI is InChI=1S/C24H26N4O3/c1-25-23-20(22-26-18-8-4-5-9-19(18)27-22)21(29)24(10-6-7-11-24)28(23)15-12-16(30-2)14-17(13-15)31-3/h4-5,8-9,12-14,25H,6-7,10-11H2,1-3H3,(H,26,27). The number of nitrogens with zero attached hydrogens (tertiary/aromatic N) is 2. The van der Waals surface area contributed by atoms with E-state index >= 15 is 0 Å². The maximum atomic E-state index is 14.0. The Bertz CT molecular complexity index is 1140. The third kappa shape index (κ3) is 2.87. The second-order valence-electron chi connectivity index (χ2n) is 8.05. The number of ketones is 1. The summed E-state index contributed by atoms with van der Waals surface area (Å²) >= 11 is 0. The summed E-state index contributed by atoms with van der Waals surface area (Å²) in [6, 6.07) is 13.6. The highest BCUT2D eigenvalue weighted by Crippen LogP contribution is 2.50. The van der Waals surface area contributed by atoms with E-state index in [1.165, 1.54) is 0 Å². The van der Waals surface area contributed by atoms with E-state index in [4.69, 9.17) is 14.5 Å². The molecule has 2 aliphatic rings. The zero-order chi connectivity index (χ0) is 21.6. The number of ether oxygens (including phenoxy) is 2. The van der Waals surface area contributed by atoms with Gasteiger partial charge in [0.1, 0.15) is 34.3 Å². The zero-order valence-electron chi connectivity index (χ0n) is 18.0. The molecule has 1 aromatic heterocycles. The van der Waals surface area contributed by atoms with Crippen molar-refractivity contribution in [2.24, 2.45) is 0 Å². The fourth-order valence-corrected chi connectivity index (χ4v) is 5.00. The van der Waals surface area contributed by atoms with Crippen LogP contribution in [-0.2, 0) is 4.79 Å². The van der Waals surface area contributed by atoms with Crippen LogP contribution < -0.4 is 19.7 Å². The Morgan fingerprint density at radius 2 is 1.74 bits per heavy atom. The molecule has 1 spiro atoms. The number of fused-ring (bicyclic) bond motifs is 1. The van der Waals surface area contributed by atoms with E-state index in [1.807, 2.05) is 49.5 Å². The van der Waals surface area contributed by atoms with Crippen LogP contribution in [0.15, 0.2) is 48.3 Å². The fourth-order valence-electron chi connectivity index (χ4n) is 5.00. The Balaban J connectivity index is 1.74. The number of hydrogen-bond acceptors (Lipinski definition) is 6. The quantitative estimate of drug-likeness (QED) is 0.655. The Kier molecular flexibility index (Phi) is 4.61. The average molecular weight is 418 g/mol. The maximum Gasteiger partial charge on any atom is 0.196 e. The largest absolute Gasteiger partial charge is 0.497 e. The third-order valence-electron chi connectivity index (χ3n) is 6.43. The third-order valence-corrected chi connectivity index (χ3v) is 6.43. The molecule has 0 saturated heterocycles. The van der Waals surface area contributed by atoms with Gasteiger partial charge in [0.2, 0.25) is 0 Å². The van der Waals surface area contributed by atoms with Gasteiger partial charge in [0, 0.05) is 25.2 Å². The average Bonchev–Trinajstić information content (AvgIpc) is 3.50. The molecule has 2 heterocycles. The van der Waals surface area contributed by atoms with Crippen molar-refractivity contribution in [2.45, 2.75) is 31.2 Å². The molecule has 3 aromatic rings. The molecular formula is C24H26N4O3. The lowest BCUT2D eigenvalue weighted by Crippen LogP contribution is -2.49. The van der Waals surface area contributed by atoms with E-state index in [0.29, 0.717) is 22.9 Å². The molecule has 1 saturated carbocycles. The molecule has 0 atom stereocenters. The first-order valence-corrected chi connectivity index (χ1v) is 10.6. The number of rotatable bonds is 5. The van der Waals surface area contributed by atoms with E-state index in [9.17, 15) is 4.79 Å². The molecule has 7 nitrogen and oxygen atoms in total. The van der Waals surface area contributed by atoms with Crippen LogP contribution in [0.4, 0.5) is 5.69 Å². The summed E-state index contributed by atoms with van der Waals surface area (Å²) in [5.41, 5.74) is 2.58. The number of carbonyl (C=O) groups is 1. The molecule has 0 amide bonds. The molecule has 0 radical (unpaired) electrons. The number of hydrogen-bond donors (Lipinski definition) is 2. The highest BCUT2D eigenvalue weighted by atomic mass is 16.5. The molecular weight excluding hydrogens is 392 g/mol. The summed E-state index contributed by atoms with van der Waals surface area (Å²) < 4.78 is 11.0. The van der Waals surface area contributed by atoms with Crippen LogP contribution >= 0.6 is 0 Å². The Morgan fingerprint density at radius 1 is 1.06 bits per heavy atom. The van der Waals surface area contributed by atoms with Gasteiger partial charge in [-0.2, -0.15) is 0 Å². The molecule has 7 heteroatoms. The molecule has 5 rings (SSSR count). The van der Waals surface area contributed by atoms with Crippen molar-refractivity contribution in [3.05, 3.63) is 54.1 Å². The summed E-state index contributed by atoms with van der Waals surface area (Å²) in [5, 5.41) is 3.31. The van der Waals surface area contributed by atoms with Gasteiger partial charge in [0.25, 0.3) is 0 Å². The molecule has 1 aliphatic heterocycles. The number of Topliss-reactive ketones (excluding diaryl/α,β-unsaturated/α-hetero) is 1. The number of aromatic nitrogens is 2. The number of nitrogens with one attached hydrogen (secondary N) is 2. The van der Waals surface area contributed by atoms with Gasteiger partial charge < -0.3 is 24.7 Å². The van der Waals surface area contributed by atoms with E-state index < -0.39 is 5.54 Å². The van der Waals surface area contributed by atoms with E-state index in [-0.39, 0.29) is 5.78 Å². The lowest BCUT2D eigenvalue weighted by Gasteiger charge is -2.37. The number of benzene rings is 2. The Labute approximate surface area is 181 Å². The summed E-state index contributed by atoms with van der Waals surface area (Å²) in [7, 11) is 5.12. The van der Waals surface area contributed by atoms with Crippen molar-refractivity contribution in [3.63, 3.8) is 0 Å². The molecule has 1 aliphatic carbocycles. The number of anilines is 1. The molecule has 2 aromatic carbocycles. The van der Waals surface area contributed by atoms with Crippen LogP contribution in [0.2, 0.25) is 0 Å². The highest BCUT2D eigenvalue weighted by Gasteiger charge is 2.55. The highest BCUT2D eigenvalue weighted by molar-refractivity contribution is 6.30. The van der Waals surface area contributed by atoms with Crippen molar-refractivity contribution in [1.29, 1.82) is 0 Å². The lowest BCUT2D eigenvalue weighted by molar-refractivity contribution is -0.117. The van der Waals surface area contributed by atoms with E-state index in [0.717, 1.165) is 48.2 Å². The topological polar surface area (TPSA) is 79.5 Å². The predicted molar refractivity (Wildman–Crippen MR) is 120 cm³/mol. The van der Waals surface area contributed by atoms with E-state index in [1.54, 1.807) is 14.2 Å². The normalized spacial score (nSPS) is 17.8. The van der Waals surface area contributed by atoms with Crippen LogP contribution in [0.5, 0.6) is 11.5 Å². The SMILES string of the molecule is CNC1=C(c2nc3ccccc3[nH]2)C(=O)C2(CCCC2)N1c1cc(OC)cc(OC)c1. The van der Waals surface area contributed by atoms with Gasteiger partial charge in [-0.1, -0.05) is 25.0 Å². The number of H-pyrrole nitrogens is 1. The smallest absolute Gasteiger partial charge is 0.196 e. The molecule has 31 heavy (non-hydrogen) atoms. The van der Waals surface area contributed by atoms with Crippen LogP contribution in [-0.4, -0.2) is 42.6 Å². The fraction of sp³-hybridized carbons (Fsp3) is 0.333. The first-order chi connectivity index (χ1) is 15.1. The molecule has 0 bridgehead atoms. The lowest BCUT2D eigenvalue weighted by atomic mass is 9.89. The minimum absolute atomic E-state index is 0.107. The summed E-state index contributed by atoms with van der Waals surface area (Å²) in [6.07, 6.45) is 3.60. The number of aromatic amines is 1. The summed E-state index contributed by atoms with van der Waals surface area (Å²) in [6.45, 7) is 0. The second-order valence-corrected chi connectivity index (χ2v) is 8.05. The first kappa shape index (κ1) is 19.5. The molecule has 160 valence electrons.